The maximum atomic E-state index is 11.7. The number of carbonyl (C=O) groups excluding carboxylic acids is 1. The first-order valence-corrected chi connectivity index (χ1v) is 10.3. The predicted octanol–water partition coefficient (Wildman–Crippen LogP) is 3.94. The van der Waals surface area contributed by atoms with Gasteiger partial charge in [-0.05, 0) is 29.2 Å². The van der Waals surface area contributed by atoms with E-state index in [-0.39, 0.29) is 5.69 Å². The van der Waals surface area contributed by atoms with E-state index in [0.29, 0.717) is 18.8 Å². The van der Waals surface area contributed by atoms with E-state index in [1.54, 1.807) is 13.0 Å². The van der Waals surface area contributed by atoms with Crippen molar-refractivity contribution in [2.45, 2.75) is 19.9 Å². The standard InChI is InChI=1S/C24H26N2O4/c1-2-29-24(27)23-16-22(30-25-23)15-18-3-7-20(8-4-18)21-9-5-19(6-10-21)17-26-11-13-28-14-12-26/h3-10,16H,2,11-15,17H2,1H3. The Morgan fingerprint density at radius 3 is 2.27 bits per heavy atom. The van der Waals surface area contributed by atoms with Crippen LogP contribution in [0.4, 0.5) is 0 Å². The van der Waals surface area contributed by atoms with Gasteiger partial charge in [0.05, 0.1) is 19.8 Å². The Morgan fingerprint density at radius 2 is 1.63 bits per heavy atom. The topological polar surface area (TPSA) is 64.8 Å². The van der Waals surface area contributed by atoms with Crippen LogP contribution >= 0.6 is 0 Å². The fraction of sp³-hybridized carbons (Fsp3) is 0.333. The molecule has 30 heavy (non-hydrogen) atoms. The summed E-state index contributed by atoms with van der Waals surface area (Å²) in [5.41, 5.74) is 4.98. The lowest BCUT2D eigenvalue weighted by Crippen LogP contribution is -2.35. The molecule has 6 heteroatoms. The number of esters is 1. The van der Waals surface area contributed by atoms with Gasteiger partial charge >= 0.3 is 5.97 Å². The average Bonchev–Trinajstić information content (AvgIpc) is 3.25. The van der Waals surface area contributed by atoms with E-state index in [1.165, 1.54) is 16.7 Å². The van der Waals surface area contributed by atoms with Gasteiger partial charge in [0, 0.05) is 32.1 Å². The van der Waals surface area contributed by atoms with Crippen molar-refractivity contribution >= 4 is 5.97 Å². The van der Waals surface area contributed by atoms with Crippen LogP contribution in [0.25, 0.3) is 11.1 Å². The molecule has 3 aromatic rings. The van der Waals surface area contributed by atoms with Gasteiger partial charge in [0.2, 0.25) is 0 Å². The van der Waals surface area contributed by atoms with Gasteiger partial charge in [0.15, 0.2) is 5.69 Å². The third-order valence-electron chi connectivity index (χ3n) is 5.17. The van der Waals surface area contributed by atoms with Crippen molar-refractivity contribution in [3.05, 3.63) is 77.2 Å². The minimum absolute atomic E-state index is 0.209. The van der Waals surface area contributed by atoms with Gasteiger partial charge in [-0.2, -0.15) is 0 Å². The summed E-state index contributed by atoms with van der Waals surface area (Å²) in [7, 11) is 0. The normalized spacial score (nSPS) is 14.6. The Kier molecular flexibility index (Phi) is 6.57. The van der Waals surface area contributed by atoms with Crippen LogP contribution in [0.1, 0.15) is 34.3 Å². The minimum atomic E-state index is -0.458. The van der Waals surface area contributed by atoms with Gasteiger partial charge in [-0.1, -0.05) is 53.7 Å². The Balaban J connectivity index is 1.36. The van der Waals surface area contributed by atoms with Gasteiger partial charge in [-0.15, -0.1) is 0 Å². The molecule has 4 rings (SSSR count). The van der Waals surface area contributed by atoms with E-state index in [4.69, 9.17) is 14.0 Å². The van der Waals surface area contributed by atoms with Crippen LogP contribution in [0.15, 0.2) is 59.1 Å². The number of aromatic nitrogens is 1. The van der Waals surface area contributed by atoms with Crippen molar-refractivity contribution in [1.82, 2.24) is 10.1 Å². The molecule has 2 heterocycles. The first-order valence-electron chi connectivity index (χ1n) is 10.3. The monoisotopic (exact) mass is 406 g/mol. The molecule has 2 aromatic carbocycles. The summed E-state index contributed by atoms with van der Waals surface area (Å²) >= 11 is 0. The molecule has 0 amide bonds. The molecule has 1 aliphatic rings. The van der Waals surface area contributed by atoms with Crippen LogP contribution in [0.3, 0.4) is 0 Å². The second kappa shape index (κ2) is 9.69. The van der Waals surface area contributed by atoms with Crippen LogP contribution in [-0.2, 0) is 22.4 Å². The molecule has 1 aliphatic heterocycles. The quantitative estimate of drug-likeness (QED) is 0.554. The maximum Gasteiger partial charge on any atom is 0.360 e. The van der Waals surface area contributed by atoms with Gasteiger partial charge < -0.3 is 14.0 Å². The smallest absolute Gasteiger partial charge is 0.360 e. The average molecular weight is 406 g/mol. The van der Waals surface area contributed by atoms with Crippen molar-refractivity contribution < 1.29 is 18.8 Å². The van der Waals surface area contributed by atoms with Crippen LogP contribution in [0.5, 0.6) is 0 Å². The van der Waals surface area contributed by atoms with Crippen molar-refractivity contribution in [3.8, 4) is 11.1 Å². The van der Waals surface area contributed by atoms with Gasteiger partial charge in [0.1, 0.15) is 5.76 Å². The first kappa shape index (κ1) is 20.3. The number of morpholine rings is 1. The van der Waals surface area contributed by atoms with Crippen molar-refractivity contribution in [2.24, 2.45) is 0 Å². The van der Waals surface area contributed by atoms with E-state index < -0.39 is 5.97 Å². The zero-order valence-corrected chi connectivity index (χ0v) is 17.2. The van der Waals surface area contributed by atoms with Gasteiger partial charge in [-0.3, -0.25) is 4.90 Å². The highest BCUT2D eigenvalue weighted by atomic mass is 16.5. The Hall–Kier alpha value is -2.96. The lowest BCUT2D eigenvalue weighted by molar-refractivity contribution is 0.0342. The third-order valence-corrected chi connectivity index (χ3v) is 5.17. The zero-order chi connectivity index (χ0) is 20.8. The third kappa shape index (κ3) is 5.14. The molecule has 1 aromatic heterocycles. The number of carbonyl (C=O) groups is 1. The molecule has 0 unspecified atom stereocenters. The molecule has 6 nitrogen and oxygen atoms in total. The molecule has 0 bridgehead atoms. The molecular weight excluding hydrogens is 380 g/mol. The van der Waals surface area contributed by atoms with Crippen LogP contribution < -0.4 is 0 Å². The van der Waals surface area contributed by atoms with Crippen LogP contribution in [0, 0.1) is 0 Å². The number of nitrogens with zero attached hydrogens (tertiary/aromatic N) is 2. The number of benzene rings is 2. The maximum absolute atomic E-state index is 11.7. The summed E-state index contributed by atoms with van der Waals surface area (Å²) in [6, 6.07) is 18.7. The largest absolute Gasteiger partial charge is 0.461 e. The van der Waals surface area contributed by atoms with E-state index in [0.717, 1.165) is 38.4 Å². The summed E-state index contributed by atoms with van der Waals surface area (Å²) in [5, 5.41) is 3.79. The summed E-state index contributed by atoms with van der Waals surface area (Å²) in [6.07, 6.45) is 0.575. The van der Waals surface area contributed by atoms with Crippen LogP contribution in [0.2, 0.25) is 0 Å². The van der Waals surface area contributed by atoms with Gasteiger partial charge in [-0.25, -0.2) is 4.79 Å². The molecule has 1 saturated heterocycles. The first-order chi connectivity index (χ1) is 14.7. The highest BCUT2D eigenvalue weighted by molar-refractivity contribution is 5.87. The number of rotatable bonds is 7. The minimum Gasteiger partial charge on any atom is -0.461 e. The van der Waals surface area contributed by atoms with E-state index >= 15 is 0 Å². The Morgan fingerprint density at radius 1 is 1.00 bits per heavy atom. The molecule has 0 aliphatic carbocycles. The number of hydrogen-bond acceptors (Lipinski definition) is 6. The Bertz CT molecular complexity index is 958. The van der Waals surface area contributed by atoms with Crippen LogP contribution in [-0.4, -0.2) is 48.9 Å². The van der Waals surface area contributed by atoms with Crippen molar-refractivity contribution in [3.63, 3.8) is 0 Å². The summed E-state index contributed by atoms with van der Waals surface area (Å²) in [5.74, 6) is 0.179. The highest BCUT2D eigenvalue weighted by Gasteiger charge is 2.14. The lowest BCUT2D eigenvalue weighted by Gasteiger charge is -2.26. The lowest BCUT2D eigenvalue weighted by atomic mass is 10.0. The fourth-order valence-electron chi connectivity index (χ4n) is 3.53. The zero-order valence-electron chi connectivity index (χ0n) is 17.2. The second-order valence-electron chi connectivity index (χ2n) is 7.36. The van der Waals surface area contributed by atoms with E-state index in [9.17, 15) is 4.79 Å². The second-order valence-corrected chi connectivity index (χ2v) is 7.36. The van der Waals surface area contributed by atoms with E-state index in [2.05, 4.69) is 58.6 Å². The summed E-state index contributed by atoms with van der Waals surface area (Å²) in [6.45, 7) is 6.68. The van der Waals surface area contributed by atoms with E-state index in [1.807, 2.05) is 0 Å². The SMILES string of the molecule is CCOC(=O)c1cc(Cc2ccc(-c3ccc(CN4CCOCC4)cc3)cc2)on1. The number of hydrogen-bond donors (Lipinski definition) is 0. The molecule has 0 radical (unpaired) electrons. The predicted molar refractivity (Wildman–Crippen MR) is 113 cm³/mol. The molecular formula is C24H26N2O4. The van der Waals surface area contributed by atoms with Crippen molar-refractivity contribution in [2.75, 3.05) is 32.9 Å². The molecule has 156 valence electrons. The fourth-order valence-corrected chi connectivity index (χ4v) is 3.53. The molecule has 0 spiro atoms. The summed E-state index contributed by atoms with van der Waals surface area (Å²) < 4.78 is 15.6. The Labute approximate surface area is 176 Å². The van der Waals surface area contributed by atoms with Crippen molar-refractivity contribution in [1.29, 1.82) is 0 Å². The molecule has 0 atom stereocenters. The summed E-state index contributed by atoms with van der Waals surface area (Å²) in [4.78, 5) is 14.1. The molecule has 1 fully saturated rings. The molecule has 0 saturated carbocycles. The molecule has 0 N–H and O–H groups in total. The highest BCUT2D eigenvalue weighted by Crippen LogP contribution is 2.22. The van der Waals surface area contributed by atoms with Gasteiger partial charge in [0.25, 0.3) is 0 Å². The number of ether oxygens (including phenoxy) is 2.